The van der Waals surface area contributed by atoms with E-state index in [0.29, 0.717) is 35.3 Å². The van der Waals surface area contributed by atoms with Crippen LogP contribution < -0.4 is 9.64 Å². The summed E-state index contributed by atoms with van der Waals surface area (Å²) < 4.78 is 7.07. The number of nitrogens with one attached hydrogen (secondary N) is 1. The lowest BCUT2D eigenvalue weighted by Crippen LogP contribution is -2.42. The van der Waals surface area contributed by atoms with Gasteiger partial charge in [-0.15, -0.1) is 0 Å². The quantitative estimate of drug-likeness (QED) is 0.297. The lowest BCUT2D eigenvalue weighted by Gasteiger charge is -2.41. The minimum absolute atomic E-state index is 0.0273. The molecule has 0 spiro atoms. The minimum Gasteiger partial charge on any atom is -0.507 e. The normalized spacial score (nSPS) is 19.3. The average Bonchev–Trinajstić information content (AvgIpc) is 2.88. The van der Waals surface area contributed by atoms with E-state index in [9.17, 15) is 15.3 Å². The van der Waals surface area contributed by atoms with Gasteiger partial charge in [-0.2, -0.15) is 0 Å². The fourth-order valence-electron chi connectivity index (χ4n) is 4.98. The lowest BCUT2D eigenvalue weighted by molar-refractivity contribution is -0.116. The highest BCUT2D eigenvalue weighted by molar-refractivity contribution is 9.10. The van der Waals surface area contributed by atoms with Gasteiger partial charge in [0.15, 0.2) is 5.78 Å². The molecule has 1 aliphatic carbocycles. The number of hydrogen-bond acceptors (Lipinski definition) is 4. The van der Waals surface area contributed by atoms with E-state index in [0.717, 1.165) is 32.3 Å². The molecule has 1 aliphatic heterocycles. The fourth-order valence-corrected chi connectivity index (χ4v) is 5.64. The zero-order valence-corrected chi connectivity index (χ0v) is 22.8. The smallest absolute Gasteiger partial charge is 0.161 e. The van der Waals surface area contributed by atoms with Crippen LogP contribution in [0.2, 0.25) is 0 Å². The van der Waals surface area contributed by atoms with Gasteiger partial charge in [-0.3, -0.25) is 15.1 Å². The van der Waals surface area contributed by atoms with Gasteiger partial charge in [-0.25, -0.2) is 0 Å². The lowest BCUT2D eigenvalue weighted by atomic mass is 9.73. The van der Waals surface area contributed by atoms with Crippen LogP contribution in [0.3, 0.4) is 0 Å². The zero-order valence-electron chi connectivity index (χ0n) is 19.6. The Morgan fingerprint density at radius 1 is 1.00 bits per heavy atom. The van der Waals surface area contributed by atoms with Crippen molar-refractivity contribution < 1.29 is 14.6 Å². The topological polar surface area (TPSA) is 73.6 Å². The van der Waals surface area contributed by atoms with E-state index in [2.05, 4.69) is 31.9 Å². The number of carbonyl (C=O) groups excluding carboxylic acids is 1. The maximum Gasteiger partial charge on any atom is 0.161 e. The number of methoxy groups -OCH3 is 1. The summed E-state index contributed by atoms with van der Waals surface area (Å²) in [5.74, 6) is 0.293. The molecular weight excluding hydrogens is 584 g/mol. The molecule has 182 valence electrons. The first-order chi connectivity index (χ1) is 17.4. The first kappa shape index (κ1) is 24.5. The van der Waals surface area contributed by atoms with Crippen LogP contribution in [-0.4, -0.2) is 23.8 Å². The molecule has 0 fully saturated rings. The molecule has 1 heterocycles. The van der Waals surface area contributed by atoms with Gasteiger partial charge < -0.3 is 9.84 Å². The molecule has 1 unspecified atom stereocenters. The number of rotatable bonds is 4. The van der Waals surface area contributed by atoms with Crippen molar-refractivity contribution in [1.29, 1.82) is 5.41 Å². The minimum atomic E-state index is -0.557. The maximum absolute atomic E-state index is 13.5. The van der Waals surface area contributed by atoms with Crippen LogP contribution in [0.4, 0.5) is 5.69 Å². The Morgan fingerprint density at radius 2 is 1.72 bits per heavy atom. The number of carbonyl (C=O) groups is 1. The van der Waals surface area contributed by atoms with Crippen molar-refractivity contribution in [3.63, 3.8) is 0 Å². The molecule has 2 aliphatic rings. The third kappa shape index (κ3) is 4.42. The van der Waals surface area contributed by atoms with Crippen molar-refractivity contribution in [2.45, 2.75) is 25.2 Å². The van der Waals surface area contributed by atoms with E-state index in [4.69, 9.17) is 4.74 Å². The number of amidine groups is 1. The molecule has 5 rings (SSSR count). The van der Waals surface area contributed by atoms with Gasteiger partial charge in [0, 0.05) is 49.4 Å². The molecule has 0 saturated carbocycles. The number of aliphatic hydroxyl groups excluding tert-OH is 1. The standard InChI is InChI=1S/C29H24Br2N2O3/c1-36-22-14-10-18(11-15-22)28(35)27-25(17-8-12-19(30)13-9-17)26-23(6-3-7-24(26)34)33(29(27)32)21-5-2-4-20(31)16-21/h2,4-5,8-16,25,32,35H,3,6-7H2,1H3/b28-27+,32-29?. The highest BCUT2D eigenvalue weighted by Crippen LogP contribution is 2.48. The number of nitrogens with zero attached hydrogens (tertiary/aromatic N) is 1. The molecule has 3 aromatic carbocycles. The number of anilines is 1. The molecule has 5 nitrogen and oxygen atoms in total. The van der Waals surface area contributed by atoms with Gasteiger partial charge in [0.25, 0.3) is 0 Å². The number of hydrogen-bond donors (Lipinski definition) is 2. The number of aliphatic hydroxyl groups is 1. The molecule has 0 aromatic heterocycles. The monoisotopic (exact) mass is 606 g/mol. The van der Waals surface area contributed by atoms with Crippen molar-refractivity contribution in [1.82, 2.24) is 0 Å². The molecule has 7 heteroatoms. The Morgan fingerprint density at radius 3 is 2.39 bits per heavy atom. The summed E-state index contributed by atoms with van der Waals surface area (Å²) in [6, 6.07) is 22.5. The molecule has 0 amide bonds. The SMILES string of the molecule is COc1ccc(/C(O)=C2\C(=N)N(c3cccc(Br)c3)C3=C(C(=O)CCC3)C2c2ccc(Br)cc2)cc1. The molecule has 0 saturated heterocycles. The highest BCUT2D eigenvalue weighted by Gasteiger charge is 2.43. The van der Waals surface area contributed by atoms with Gasteiger partial charge in [0.1, 0.15) is 17.3 Å². The van der Waals surface area contributed by atoms with Gasteiger partial charge >= 0.3 is 0 Å². The molecular formula is C29H24Br2N2O3. The largest absolute Gasteiger partial charge is 0.507 e. The number of halogens is 2. The van der Waals surface area contributed by atoms with Crippen LogP contribution in [0.15, 0.2) is 98.6 Å². The van der Waals surface area contributed by atoms with E-state index >= 15 is 0 Å². The number of allylic oxidation sites excluding steroid dienone is 2. The molecule has 1 atom stereocenters. The number of ether oxygens (including phenoxy) is 1. The Hall–Kier alpha value is -3.16. The summed E-state index contributed by atoms with van der Waals surface area (Å²) in [6.07, 6.45) is 1.85. The summed E-state index contributed by atoms with van der Waals surface area (Å²) in [5, 5.41) is 21.1. The second-order valence-corrected chi connectivity index (χ2v) is 10.6. The maximum atomic E-state index is 13.5. The number of ketones is 1. The van der Waals surface area contributed by atoms with Crippen molar-refractivity contribution in [3.05, 3.63) is 110 Å². The van der Waals surface area contributed by atoms with E-state index in [1.54, 1.807) is 31.4 Å². The van der Waals surface area contributed by atoms with E-state index < -0.39 is 5.92 Å². The summed E-state index contributed by atoms with van der Waals surface area (Å²) >= 11 is 7.04. The van der Waals surface area contributed by atoms with Gasteiger partial charge in [-0.1, -0.05) is 50.1 Å². The van der Waals surface area contributed by atoms with E-state index in [-0.39, 0.29) is 17.4 Å². The Bertz CT molecular complexity index is 1410. The van der Waals surface area contributed by atoms with Gasteiger partial charge in [0.2, 0.25) is 0 Å². The number of Topliss-reactive ketones (excluding diaryl/α,β-unsaturated/α-hetero) is 1. The Labute approximate surface area is 226 Å². The third-order valence-electron chi connectivity index (χ3n) is 6.64. The van der Waals surface area contributed by atoms with Crippen LogP contribution in [0, 0.1) is 5.41 Å². The predicted octanol–water partition coefficient (Wildman–Crippen LogP) is 7.78. The molecule has 36 heavy (non-hydrogen) atoms. The zero-order chi connectivity index (χ0) is 25.4. The van der Waals surface area contributed by atoms with Crippen molar-refractivity contribution in [3.8, 4) is 5.75 Å². The molecule has 2 N–H and O–H groups in total. The molecule has 0 radical (unpaired) electrons. The fraction of sp³-hybridized carbons (Fsp3) is 0.172. The Balaban J connectivity index is 1.81. The van der Waals surface area contributed by atoms with Crippen molar-refractivity contribution in [2.75, 3.05) is 12.0 Å². The van der Waals surface area contributed by atoms with Gasteiger partial charge in [-0.05, 0) is 73.0 Å². The number of benzene rings is 3. The molecule has 0 bridgehead atoms. The Kier molecular flexibility index (Phi) is 6.86. The first-order valence-electron chi connectivity index (χ1n) is 11.6. The van der Waals surface area contributed by atoms with Crippen LogP contribution in [-0.2, 0) is 4.79 Å². The second-order valence-electron chi connectivity index (χ2n) is 8.78. The van der Waals surface area contributed by atoms with Crippen LogP contribution in [0.25, 0.3) is 5.76 Å². The van der Waals surface area contributed by atoms with Crippen molar-refractivity contribution in [2.24, 2.45) is 0 Å². The van der Waals surface area contributed by atoms with Crippen LogP contribution in [0.5, 0.6) is 5.75 Å². The van der Waals surface area contributed by atoms with E-state index in [1.807, 2.05) is 53.4 Å². The second kappa shape index (κ2) is 10.1. The van der Waals surface area contributed by atoms with Crippen molar-refractivity contribution >= 4 is 54.9 Å². The van der Waals surface area contributed by atoms with Crippen LogP contribution >= 0.6 is 31.9 Å². The summed E-state index contributed by atoms with van der Waals surface area (Å²) in [5.41, 5.74) is 4.05. The average molecular weight is 608 g/mol. The molecule has 3 aromatic rings. The predicted molar refractivity (Wildman–Crippen MR) is 150 cm³/mol. The summed E-state index contributed by atoms with van der Waals surface area (Å²) in [7, 11) is 1.59. The summed E-state index contributed by atoms with van der Waals surface area (Å²) in [6.45, 7) is 0. The van der Waals surface area contributed by atoms with Crippen LogP contribution in [0.1, 0.15) is 36.3 Å². The van der Waals surface area contributed by atoms with Gasteiger partial charge in [0.05, 0.1) is 7.11 Å². The summed E-state index contributed by atoms with van der Waals surface area (Å²) in [4.78, 5) is 15.3. The highest BCUT2D eigenvalue weighted by atomic mass is 79.9. The third-order valence-corrected chi connectivity index (χ3v) is 7.66. The van der Waals surface area contributed by atoms with E-state index in [1.165, 1.54) is 0 Å². The first-order valence-corrected chi connectivity index (χ1v) is 13.2.